The van der Waals surface area contributed by atoms with Crippen LogP contribution in [0.4, 0.5) is 0 Å². The van der Waals surface area contributed by atoms with Crippen LogP contribution >= 0.6 is 0 Å². The Balaban J connectivity index is 1.90. The van der Waals surface area contributed by atoms with Crippen molar-refractivity contribution in [1.29, 1.82) is 0 Å². The van der Waals surface area contributed by atoms with Crippen molar-refractivity contribution in [2.45, 2.75) is 38.7 Å². The average molecular weight is 214 g/mol. The van der Waals surface area contributed by atoms with Crippen LogP contribution in [-0.2, 0) is 4.74 Å². The topological polar surface area (TPSA) is 24.5 Å². The van der Waals surface area contributed by atoms with Crippen LogP contribution in [0.25, 0.3) is 0 Å². The summed E-state index contributed by atoms with van der Waals surface area (Å²) in [4.78, 5) is 2.37. The number of nitrogens with one attached hydrogen (secondary N) is 1. The van der Waals surface area contributed by atoms with Crippen molar-refractivity contribution < 1.29 is 4.74 Å². The molecule has 0 radical (unpaired) electrons. The van der Waals surface area contributed by atoms with Crippen molar-refractivity contribution in [3.63, 3.8) is 0 Å². The van der Waals surface area contributed by atoms with Gasteiger partial charge in [-0.05, 0) is 33.0 Å². The molecule has 15 heavy (non-hydrogen) atoms. The zero-order chi connectivity index (χ0) is 10.9. The van der Waals surface area contributed by atoms with Crippen molar-refractivity contribution in [2.75, 3.05) is 39.8 Å². The van der Waals surface area contributed by atoms with E-state index in [2.05, 4.69) is 24.2 Å². The van der Waals surface area contributed by atoms with E-state index in [1.165, 1.54) is 32.2 Å². The lowest BCUT2D eigenvalue weighted by molar-refractivity contribution is -0.0242. The summed E-state index contributed by atoms with van der Waals surface area (Å²) in [7, 11) is 2.18. The van der Waals surface area contributed by atoms with E-state index in [9.17, 15) is 0 Å². The van der Waals surface area contributed by atoms with Crippen molar-refractivity contribution >= 4 is 0 Å². The van der Waals surface area contributed by atoms with Crippen molar-refractivity contribution in [2.24, 2.45) is 0 Å². The first-order valence-corrected chi connectivity index (χ1v) is 6.33. The van der Waals surface area contributed by atoms with E-state index in [-0.39, 0.29) is 0 Å². The summed E-state index contributed by atoms with van der Waals surface area (Å²) in [6.45, 7) is 7.55. The zero-order valence-electron chi connectivity index (χ0n) is 10.3. The number of rotatable bonds is 7. The summed E-state index contributed by atoms with van der Waals surface area (Å²) in [5.74, 6) is 0. The minimum atomic E-state index is 0.489. The summed E-state index contributed by atoms with van der Waals surface area (Å²) in [5.41, 5.74) is 0. The fourth-order valence-corrected chi connectivity index (χ4v) is 2.02. The molecule has 1 atom stereocenters. The Morgan fingerprint density at radius 3 is 2.93 bits per heavy atom. The molecule has 1 heterocycles. The van der Waals surface area contributed by atoms with Gasteiger partial charge in [0, 0.05) is 13.1 Å². The SMILES string of the molecule is CCNCCCCCC1CN(C)CCO1. The number of nitrogens with zero attached hydrogens (tertiary/aromatic N) is 1. The number of hydrogen-bond acceptors (Lipinski definition) is 3. The van der Waals surface area contributed by atoms with Gasteiger partial charge in [0.05, 0.1) is 12.7 Å². The first-order valence-electron chi connectivity index (χ1n) is 6.33. The highest BCUT2D eigenvalue weighted by Gasteiger charge is 2.16. The van der Waals surface area contributed by atoms with Crippen LogP contribution in [0.2, 0.25) is 0 Å². The van der Waals surface area contributed by atoms with E-state index in [4.69, 9.17) is 4.74 Å². The summed E-state index contributed by atoms with van der Waals surface area (Å²) in [5, 5.41) is 3.35. The smallest absolute Gasteiger partial charge is 0.0702 e. The van der Waals surface area contributed by atoms with Gasteiger partial charge in [-0.25, -0.2) is 0 Å². The fourth-order valence-electron chi connectivity index (χ4n) is 2.02. The van der Waals surface area contributed by atoms with Crippen LogP contribution < -0.4 is 5.32 Å². The number of unbranched alkanes of at least 4 members (excludes halogenated alkanes) is 2. The van der Waals surface area contributed by atoms with Crippen molar-refractivity contribution in [3.05, 3.63) is 0 Å². The van der Waals surface area contributed by atoms with Gasteiger partial charge in [-0.2, -0.15) is 0 Å². The third-order valence-corrected chi connectivity index (χ3v) is 2.97. The van der Waals surface area contributed by atoms with Crippen LogP contribution in [0, 0.1) is 0 Å². The molecule has 0 aromatic rings. The molecular formula is C12H26N2O. The Bertz CT molecular complexity index is 153. The number of likely N-dealkylation sites (N-methyl/N-ethyl adjacent to an activating group) is 1. The average Bonchev–Trinajstić information content (AvgIpc) is 2.23. The van der Waals surface area contributed by atoms with Gasteiger partial charge in [0.15, 0.2) is 0 Å². The van der Waals surface area contributed by atoms with Crippen LogP contribution in [0.15, 0.2) is 0 Å². The van der Waals surface area contributed by atoms with Gasteiger partial charge in [0.25, 0.3) is 0 Å². The molecular weight excluding hydrogens is 188 g/mol. The second-order valence-electron chi connectivity index (χ2n) is 4.46. The van der Waals surface area contributed by atoms with Crippen molar-refractivity contribution in [1.82, 2.24) is 10.2 Å². The van der Waals surface area contributed by atoms with E-state index < -0.39 is 0 Å². The summed E-state index contributed by atoms with van der Waals surface area (Å²) >= 11 is 0. The number of hydrogen-bond donors (Lipinski definition) is 1. The first kappa shape index (κ1) is 12.9. The molecule has 0 bridgehead atoms. The first-order chi connectivity index (χ1) is 7.33. The maximum atomic E-state index is 5.72. The van der Waals surface area contributed by atoms with Crippen LogP contribution in [-0.4, -0.2) is 50.8 Å². The van der Waals surface area contributed by atoms with Gasteiger partial charge in [0.2, 0.25) is 0 Å². The van der Waals surface area contributed by atoms with E-state index in [0.29, 0.717) is 6.10 Å². The Labute approximate surface area is 94.2 Å². The predicted octanol–water partition coefficient (Wildman–Crippen LogP) is 1.49. The standard InChI is InChI=1S/C12H26N2O/c1-3-13-8-6-4-5-7-12-11-14(2)9-10-15-12/h12-13H,3-11H2,1-2H3. The quantitative estimate of drug-likeness (QED) is 0.650. The van der Waals surface area contributed by atoms with Gasteiger partial charge >= 0.3 is 0 Å². The van der Waals surface area contributed by atoms with E-state index >= 15 is 0 Å². The Morgan fingerprint density at radius 1 is 1.33 bits per heavy atom. The molecule has 1 saturated heterocycles. The molecule has 3 nitrogen and oxygen atoms in total. The van der Waals surface area contributed by atoms with Crippen LogP contribution in [0.1, 0.15) is 32.6 Å². The van der Waals surface area contributed by atoms with E-state index in [0.717, 1.165) is 26.2 Å². The largest absolute Gasteiger partial charge is 0.376 e. The Hall–Kier alpha value is -0.120. The molecule has 0 amide bonds. The minimum absolute atomic E-state index is 0.489. The number of morpholine rings is 1. The molecule has 0 spiro atoms. The number of ether oxygens (including phenoxy) is 1. The Morgan fingerprint density at radius 2 is 2.20 bits per heavy atom. The highest BCUT2D eigenvalue weighted by Crippen LogP contribution is 2.11. The van der Waals surface area contributed by atoms with Crippen LogP contribution in [0.3, 0.4) is 0 Å². The highest BCUT2D eigenvalue weighted by atomic mass is 16.5. The second-order valence-corrected chi connectivity index (χ2v) is 4.46. The van der Waals surface area contributed by atoms with Gasteiger partial charge in [-0.1, -0.05) is 19.8 Å². The molecule has 1 aliphatic heterocycles. The zero-order valence-corrected chi connectivity index (χ0v) is 10.3. The molecule has 1 N–H and O–H groups in total. The molecule has 0 saturated carbocycles. The maximum absolute atomic E-state index is 5.72. The monoisotopic (exact) mass is 214 g/mol. The van der Waals surface area contributed by atoms with Gasteiger partial charge < -0.3 is 15.0 Å². The van der Waals surface area contributed by atoms with Gasteiger partial charge in [0.1, 0.15) is 0 Å². The fraction of sp³-hybridized carbons (Fsp3) is 1.00. The third kappa shape index (κ3) is 6.13. The normalized spacial score (nSPS) is 23.2. The van der Waals surface area contributed by atoms with Crippen molar-refractivity contribution in [3.8, 4) is 0 Å². The predicted molar refractivity (Wildman–Crippen MR) is 64.2 cm³/mol. The molecule has 90 valence electrons. The summed E-state index contributed by atoms with van der Waals surface area (Å²) in [6.07, 6.45) is 5.66. The van der Waals surface area contributed by atoms with Gasteiger partial charge in [-0.3, -0.25) is 0 Å². The molecule has 1 fully saturated rings. The lowest BCUT2D eigenvalue weighted by atomic mass is 10.1. The molecule has 3 heteroatoms. The maximum Gasteiger partial charge on any atom is 0.0702 e. The van der Waals surface area contributed by atoms with Gasteiger partial charge in [-0.15, -0.1) is 0 Å². The molecule has 1 unspecified atom stereocenters. The Kier molecular flexibility index (Phi) is 6.98. The highest BCUT2D eigenvalue weighted by molar-refractivity contribution is 4.68. The third-order valence-electron chi connectivity index (χ3n) is 2.97. The van der Waals surface area contributed by atoms with E-state index in [1.807, 2.05) is 0 Å². The lowest BCUT2D eigenvalue weighted by Gasteiger charge is -2.30. The lowest BCUT2D eigenvalue weighted by Crippen LogP contribution is -2.39. The second kappa shape index (κ2) is 8.08. The van der Waals surface area contributed by atoms with Crippen LogP contribution in [0.5, 0.6) is 0 Å². The molecule has 0 aromatic carbocycles. The summed E-state index contributed by atoms with van der Waals surface area (Å²) in [6, 6.07) is 0. The summed E-state index contributed by atoms with van der Waals surface area (Å²) < 4.78 is 5.72. The molecule has 1 rings (SSSR count). The van der Waals surface area contributed by atoms with E-state index in [1.54, 1.807) is 0 Å². The molecule has 0 aliphatic carbocycles. The minimum Gasteiger partial charge on any atom is -0.376 e. The molecule has 0 aromatic heterocycles. The molecule has 1 aliphatic rings.